The molecule has 0 amide bonds. The molecule has 0 heterocycles. The summed E-state index contributed by atoms with van der Waals surface area (Å²) in [6.07, 6.45) is 1.16. The Kier molecular flexibility index (Phi) is 24.5. The second-order valence-corrected chi connectivity index (χ2v) is 13.1. The molecule has 0 rings (SSSR count). The lowest BCUT2D eigenvalue weighted by atomic mass is 9.92. The van der Waals surface area contributed by atoms with E-state index in [9.17, 15) is 19.2 Å². The predicted molar refractivity (Wildman–Crippen MR) is 162 cm³/mol. The van der Waals surface area contributed by atoms with Gasteiger partial charge < -0.3 is 21.3 Å². The Balaban J connectivity index is -0.000000203. The van der Waals surface area contributed by atoms with E-state index < -0.39 is 5.54 Å². The van der Waals surface area contributed by atoms with Crippen LogP contribution in [0.2, 0.25) is 0 Å². The van der Waals surface area contributed by atoms with Crippen LogP contribution in [0.4, 0.5) is 0 Å². The molecule has 8 nitrogen and oxygen atoms in total. The number of Topliss-reactive ketones (excluding diaryl/α,β-unsaturated/α-hetero) is 4. The summed E-state index contributed by atoms with van der Waals surface area (Å²) in [4.78, 5) is 48.0. The van der Waals surface area contributed by atoms with Crippen LogP contribution in [0.1, 0.15) is 95.9 Å². The molecular weight excluding hydrogens is 480 g/mol. The second-order valence-electron chi connectivity index (χ2n) is 13.1. The lowest BCUT2D eigenvalue weighted by Crippen LogP contribution is -2.43. The predicted octanol–water partition coefficient (Wildman–Crippen LogP) is 4.22. The lowest BCUT2D eigenvalue weighted by molar-refractivity contribution is -0.126. The number of nitrogens with zero attached hydrogens (tertiary/aromatic N) is 2. The van der Waals surface area contributed by atoms with Gasteiger partial charge in [0.15, 0.2) is 5.78 Å². The van der Waals surface area contributed by atoms with Crippen molar-refractivity contribution >= 4 is 23.1 Å². The number of hydrogen-bond acceptors (Lipinski definition) is 8. The van der Waals surface area contributed by atoms with Crippen LogP contribution >= 0.6 is 0 Å². The van der Waals surface area contributed by atoms with Gasteiger partial charge in [-0.25, -0.2) is 0 Å². The van der Waals surface area contributed by atoms with Gasteiger partial charge in [0.05, 0.1) is 12.1 Å². The van der Waals surface area contributed by atoms with Gasteiger partial charge in [0.1, 0.15) is 17.3 Å². The molecule has 0 aliphatic rings. The summed E-state index contributed by atoms with van der Waals surface area (Å²) < 4.78 is 0. The van der Waals surface area contributed by atoms with Crippen molar-refractivity contribution in [2.45, 2.75) is 107 Å². The van der Waals surface area contributed by atoms with Gasteiger partial charge in [-0.3, -0.25) is 19.2 Å². The van der Waals surface area contributed by atoms with Crippen LogP contribution in [0.25, 0.3) is 0 Å². The SMILES string of the molecule is CC(C)C(=O)C(C)(C)N.CC(C)C(=O)CC(C)(C)N.CC(C)C(=O)CCN(C)C.CC(C)C(=O)CN(C)C. The number of rotatable bonds is 12. The van der Waals surface area contributed by atoms with Gasteiger partial charge in [0, 0.05) is 48.6 Å². The van der Waals surface area contributed by atoms with E-state index in [4.69, 9.17) is 11.5 Å². The summed E-state index contributed by atoms with van der Waals surface area (Å²) >= 11 is 0. The fraction of sp³-hybridized carbons (Fsp3) is 0.867. The molecule has 0 aliphatic heterocycles. The molecule has 0 fully saturated rings. The first kappa shape index (κ1) is 43.6. The Morgan fingerprint density at radius 1 is 0.605 bits per heavy atom. The van der Waals surface area contributed by atoms with Crippen LogP contribution in [0.5, 0.6) is 0 Å². The van der Waals surface area contributed by atoms with Crippen molar-refractivity contribution in [3.8, 4) is 0 Å². The first-order valence-electron chi connectivity index (χ1n) is 13.8. The zero-order valence-corrected chi connectivity index (χ0v) is 27.8. The van der Waals surface area contributed by atoms with Crippen molar-refractivity contribution in [3.63, 3.8) is 0 Å². The average Bonchev–Trinajstić information content (AvgIpc) is 2.70. The van der Waals surface area contributed by atoms with Crippen LogP contribution < -0.4 is 11.5 Å². The molecule has 0 atom stereocenters. The standard InChI is InChI=1S/2C8H17NO.2C7H15NO/c1-7(2)8(10)5-6-9(3)4;1-6(2)7(10)5-8(3,4)9;1-6(2)7(9)5-8(3)4;1-5(2)6(9)7(3,4)8/h7H,5-6H2,1-4H3;6H,5,9H2,1-4H3;6H,5H2,1-4H3;5H,8H2,1-4H3. The minimum Gasteiger partial charge on any atom is -0.325 e. The van der Waals surface area contributed by atoms with Crippen LogP contribution in [0.3, 0.4) is 0 Å². The Morgan fingerprint density at radius 3 is 1.11 bits per heavy atom. The molecule has 0 spiro atoms. The Bertz CT molecular complexity index is 669. The van der Waals surface area contributed by atoms with Gasteiger partial charge >= 0.3 is 0 Å². The third-order valence-corrected chi connectivity index (χ3v) is 5.00. The van der Waals surface area contributed by atoms with E-state index in [-0.39, 0.29) is 40.8 Å². The van der Waals surface area contributed by atoms with E-state index in [1.165, 1.54) is 0 Å². The van der Waals surface area contributed by atoms with Gasteiger partial charge in [-0.05, 0) is 55.9 Å². The number of ketones is 4. The maximum atomic E-state index is 11.1. The number of carbonyl (C=O) groups excluding carboxylic acids is 4. The van der Waals surface area contributed by atoms with E-state index in [1.807, 2.05) is 107 Å². The van der Waals surface area contributed by atoms with Gasteiger partial charge in [-0.15, -0.1) is 0 Å². The van der Waals surface area contributed by atoms with Gasteiger partial charge in [0.2, 0.25) is 0 Å². The molecule has 0 aliphatic carbocycles. The highest BCUT2D eigenvalue weighted by atomic mass is 16.1. The van der Waals surface area contributed by atoms with E-state index in [0.717, 1.165) is 6.54 Å². The molecule has 0 aromatic carbocycles. The molecule has 0 unspecified atom stereocenters. The summed E-state index contributed by atoms with van der Waals surface area (Å²) in [7, 11) is 7.77. The molecule has 0 radical (unpaired) electrons. The highest BCUT2D eigenvalue weighted by Crippen LogP contribution is 2.09. The summed E-state index contributed by atoms with van der Waals surface area (Å²) in [5.41, 5.74) is 10.2. The molecular formula is C30H64N4O4. The van der Waals surface area contributed by atoms with Crippen molar-refractivity contribution < 1.29 is 19.2 Å². The Hall–Kier alpha value is -1.48. The van der Waals surface area contributed by atoms with Crippen molar-refractivity contribution in [3.05, 3.63) is 0 Å². The maximum Gasteiger partial charge on any atom is 0.154 e. The fourth-order valence-corrected chi connectivity index (χ4v) is 2.51. The average molecular weight is 545 g/mol. The molecule has 228 valence electrons. The third kappa shape index (κ3) is 32.5. The number of hydrogen-bond donors (Lipinski definition) is 2. The molecule has 8 heteroatoms. The minimum atomic E-state index is -0.659. The van der Waals surface area contributed by atoms with Crippen molar-refractivity contribution in [1.29, 1.82) is 0 Å². The topological polar surface area (TPSA) is 127 Å². The van der Waals surface area contributed by atoms with E-state index >= 15 is 0 Å². The van der Waals surface area contributed by atoms with Crippen LogP contribution in [0, 0.1) is 23.7 Å². The summed E-state index contributed by atoms with van der Waals surface area (Å²) in [5.74, 6) is 1.55. The number of likely N-dealkylation sites (N-methyl/N-ethyl adjacent to an activating group) is 1. The lowest BCUT2D eigenvalue weighted by Gasteiger charge is -2.18. The van der Waals surface area contributed by atoms with Gasteiger partial charge in [-0.1, -0.05) is 55.4 Å². The number of nitrogens with two attached hydrogens (primary N) is 2. The van der Waals surface area contributed by atoms with Crippen LogP contribution in [0.15, 0.2) is 0 Å². The molecule has 0 saturated carbocycles. The highest BCUT2D eigenvalue weighted by Gasteiger charge is 2.23. The minimum absolute atomic E-state index is 0.0463. The molecule has 0 bridgehead atoms. The summed E-state index contributed by atoms with van der Waals surface area (Å²) in [5, 5.41) is 0. The molecule has 0 aromatic rings. The van der Waals surface area contributed by atoms with Crippen molar-refractivity contribution in [1.82, 2.24) is 9.80 Å². The van der Waals surface area contributed by atoms with Gasteiger partial charge in [-0.2, -0.15) is 0 Å². The summed E-state index contributed by atoms with van der Waals surface area (Å²) in [6.45, 7) is 23.9. The van der Waals surface area contributed by atoms with E-state index in [1.54, 1.807) is 13.8 Å². The van der Waals surface area contributed by atoms with E-state index in [0.29, 0.717) is 31.0 Å². The normalized spacial score (nSPS) is 11.6. The van der Waals surface area contributed by atoms with Crippen molar-refractivity contribution in [2.75, 3.05) is 41.3 Å². The first-order valence-corrected chi connectivity index (χ1v) is 13.8. The Morgan fingerprint density at radius 2 is 0.974 bits per heavy atom. The smallest absolute Gasteiger partial charge is 0.154 e. The zero-order chi connectivity index (χ0) is 31.6. The second kappa shape index (κ2) is 21.4. The maximum absolute atomic E-state index is 11.1. The largest absolute Gasteiger partial charge is 0.325 e. The zero-order valence-electron chi connectivity index (χ0n) is 27.8. The van der Waals surface area contributed by atoms with Crippen LogP contribution in [-0.2, 0) is 19.2 Å². The summed E-state index contributed by atoms with van der Waals surface area (Å²) in [6, 6.07) is 0. The highest BCUT2D eigenvalue weighted by molar-refractivity contribution is 5.88. The molecule has 0 saturated heterocycles. The monoisotopic (exact) mass is 544 g/mol. The quantitative estimate of drug-likeness (QED) is 0.374. The van der Waals surface area contributed by atoms with Crippen LogP contribution in [-0.4, -0.2) is 85.3 Å². The first-order chi connectivity index (χ1) is 16.8. The number of carbonyl (C=O) groups is 4. The van der Waals surface area contributed by atoms with Gasteiger partial charge in [0.25, 0.3) is 0 Å². The van der Waals surface area contributed by atoms with E-state index in [2.05, 4.69) is 0 Å². The molecule has 38 heavy (non-hydrogen) atoms. The Labute approximate surface area is 235 Å². The molecule has 0 aromatic heterocycles. The van der Waals surface area contributed by atoms with Crippen molar-refractivity contribution in [2.24, 2.45) is 35.1 Å². The third-order valence-electron chi connectivity index (χ3n) is 5.00. The fourth-order valence-electron chi connectivity index (χ4n) is 2.51. The molecule has 4 N–H and O–H groups in total.